The van der Waals surface area contributed by atoms with E-state index in [-0.39, 0.29) is 35.3 Å². The van der Waals surface area contributed by atoms with Crippen molar-refractivity contribution in [3.63, 3.8) is 0 Å². The lowest BCUT2D eigenvalue weighted by Crippen LogP contribution is -2.54. The standard InChI is InChI=1S/C30H29N3O8S/c1-18-3-11-26(42(38,39)40)20(15-18)13-14-32(17-19-4-7-22(41-2)8-5-19)21-6-9-23-24(16-21)30(37)33(29(23)36)25-10-12-27(34)31-28(25)35/h3-9,11,15-16,25H,10,12-14,17H2,1-2H3,(H,31,34,35)(H,38,39,40). The van der Waals surface area contributed by atoms with E-state index in [0.717, 1.165) is 16.0 Å². The summed E-state index contributed by atoms with van der Waals surface area (Å²) in [5.74, 6) is -1.68. The van der Waals surface area contributed by atoms with Crippen LogP contribution in [-0.2, 0) is 32.7 Å². The van der Waals surface area contributed by atoms with Gasteiger partial charge < -0.3 is 9.64 Å². The number of rotatable bonds is 9. The maximum absolute atomic E-state index is 13.4. The topological polar surface area (TPSA) is 150 Å². The van der Waals surface area contributed by atoms with E-state index in [1.54, 1.807) is 31.4 Å². The van der Waals surface area contributed by atoms with Gasteiger partial charge in [-0.1, -0.05) is 29.8 Å². The van der Waals surface area contributed by atoms with Gasteiger partial charge in [-0.2, -0.15) is 8.42 Å². The minimum atomic E-state index is -4.45. The van der Waals surface area contributed by atoms with Crippen molar-refractivity contribution in [2.75, 3.05) is 18.6 Å². The fourth-order valence-electron chi connectivity index (χ4n) is 5.32. The highest BCUT2D eigenvalue weighted by Gasteiger charge is 2.44. The second-order valence-corrected chi connectivity index (χ2v) is 11.7. The highest BCUT2D eigenvalue weighted by Crippen LogP contribution is 2.32. The number of nitrogens with one attached hydrogen (secondary N) is 1. The molecule has 0 bridgehead atoms. The smallest absolute Gasteiger partial charge is 0.294 e. The molecule has 12 heteroatoms. The van der Waals surface area contributed by atoms with Crippen LogP contribution in [0.5, 0.6) is 5.75 Å². The van der Waals surface area contributed by atoms with Gasteiger partial charge in [-0.3, -0.25) is 33.9 Å². The molecule has 1 saturated heterocycles. The number of aryl methyl sites for hydroxylation is 1. The molecule has 0 aliphatic carbocycles. The molecule has 218 valence electrons. The SMILES string of the molecule is COc1ccc(CN(CCc2cc(C)ccc2S(=O)(=O)O)c2ccc3c(c2)C(=O)N(C2CCC(=O)NC2=O)C3=O)cc1. The fourth-order valence-corrected chi connectivity index (χ4v) is 6.05. The summed E-state index contributed by atoms with van der Waals surface area (Å²) in [6.45, 7) is 2.49. The molecule has 3 aromatic carbocycles. The molecule has 2 heterocycles. The molecule has 0 saturated carbocycles. The van der Waals surface area contributed by atoms with Gasteiger partial charge >= 0.3 is 0 Å². The number of piperidine rings is 1. The molecule has 4 amide bonds. The number of carbonyl (C=O) groups excluding carboxylic acids is 4. The Bertz CT molecular complexity index is 1700. The number of imide groups is 2. The van der Waals surface area contributed by atoms with E-state index >= 15 is 0 Å². The van der Waals surface area contributed by atoms with Gasteiger partial charge in [-0.05, 0) is 67.3 Å². The van der Waals surface area contributed by atoms with E-state index < -0.39 is 39.8 Å². The normalized spacial score (nSPS) is 16.8. The van der Waals surface area contributed by atoms with Crippen molar-refractivity contribution in [2.24, 2.45) is 0 Å². The Morgan fingerprint density at radius 3 is 2.36 bits per heavy atom. The number of hydrogen-bond donors (Lipinski definition) is 2. The third-order valence-electron chi connectivity index (χ3n) is 7.47. The number of carbonyl (C=O) groups is 4. The minimum absolute atomic E-state index is 0.0230. The van der Waals surface area contributed by atoms with Crippen LogP contribution < -0.4 is 15.0 Å². The largest absolute Gasteiger partial charge is 0.497 e. The van der Waals surface area contributed by atoms with Crippen molar-refractivity contribution in [1.29, 1.82) is 0 Å². The lowest BCUT2D eigenvalue weighted by atomic mass is 10.0. The molecule has 2 N–H and O–H groups in total. The average Bonchev–Trinajstić information content (AvgIpc) is 3.19. The van der Waals surface area contributed by atoms with Gasteiger partial charge in [0.25, 0.3) is 21.9 Å². The number of fused-ring (bicyclic) bond motifs is 1. The number of nitrogens with zero attached hydrogens (tertiary/aromatic N) is 2. The summed E-state index contributed by atoms with van der Waals surface area (Å²) >= 11 is 0. The van der Waals surface area contributed by atoms with Gasteiger partial charge in [-0.15, -0.1) is 0 Å². The predicted octanol–water partition coefficient (Wildman–Crippen LogP) is 2.90. The van der Waals surface area contributed by atoms with E-state index in [9.17, 15) is 32.1 Å². The predicted molar refractivity (Wildman–Crippen MR) is 152 cm³/mol. The van der Waals surface area contributed by atoms with Crippen LogP contribution in [0.25, 0.3) is 0 Å². The zero-order valence-corrected chi connectivity index (χ0v) is 23.8. The second kappa shape index (κ2) is 11.4. The molecule has 1 atom stereocenters. The summed E-state index contributed by atoms with van der Waals surface area (Å²) in [6.07, 6.45) is 0.327. The van der Waals surface area contributed by atoms with Crippen molar-refractivity contribution in [3.8, 4) is 5.75 Å². The first-order chi connectivity index (χ1) is 20.0. The van der Waals surface area contributed by atoms with Gasteiger partial charge in [0, 0.05) is 25.2 Å². The molecule has 3 aromatic rings. The monoisotopic (exact) mass is 591 g/mol. The van der Waals surface area contributed by atoms with E-state index in [1.807, 2.05) is 36.1 Å². The van der Waals surface area contributed by atoms with Gasteiger partial charge in [0.15, 0.2) is 0 Å². The van der Waals surface area contributed by atoms with Gasteiger partial charge in [-0.25, -0.2) is 0 Å². The molecule has 1 unspecified atom stereocenters. The van der Waals surface area contributed by atoms with E-state index in [1.165, 1.54) is 12.1 Å². The molecular formula is C30H29N3O8S. The Morgan fingerprint density at radius 2 is 1.69 bits per heavy atom. The number of benzene rings is 3. The van der Waals surface area contributed by atoms with Crippen molar-refractivity contribution in [2.45, 2.75) is 43.7 Å². The summed E-state index contributed by atoms with van der Waals surface area (Å²) in [4.78, 5) is 53.3. The number of amides is 4. The van der Waals surface area contributed by atoms with Crippen molar-refractivity contribution in [1.82, 2.24) is 10.2 Å². The van der Waals surface area contributed by atoms with E-state index in [0.29, 0.717) is 30.1 Å². The Morgan fingerprint density at radius 1 is 0.976 bits per heavy atom. The summed E-state index contributed by atoms with van der Waals surface area (Å²) in [5, 5.41) is 2.19. The zero-order valence-electron chi connectivity index (χ0n) is 23.0. The Kier molecular flexibility index (Phi) is 7.85. The van der Waals surface area contributed by atoms with Crippen LogP contribution in [0.3, 0.4) is 0 Å². The molecule has 0 radical (unpaired) electrons. The molecule has 1 fully saturated rings. The van der Waals surface area contributed by atoms with Crippen LogP contribution >= 0.6 is 0 Å². The molecule has 0 aromatic heterocycles. The highest BCUT2D eigenvalue weighted by atomic mass is 32.2. The molecule has 0 spiro atoms. The van der Waals surface area contributed by atoms with Crippen LogP contribution in [0.1, 0.15) is 50.2 Å². The molecule has 2 aliphatic rings. The summed E-state index contributed by atoms with van der Waals surface area (Å²) < 4.78 is 39.1. The third kappa shape index (κ3) is 5.76. The van der Waals surface area contributed by atoms with Crippen molar-refractivity contribution >= 4 is 39.4 Å². The zero-order chi connectivity index (χ0) is 30.2. The lowest BCUT2D eigenvalue weighted by Gasteiger charge is -2.27. The Hall–Kier alpha value is -4.55. The van der Waals surface area contributed by atoms with Gasteiger partial charge in [0.1, 0.15) is 11.8 Å². The van der Waals surface area contributed by atoms with Crippen LogP contribution in [-0.4, -0.2) is 61.2 Å². The molecule has 5 rings (SSSR count). The quantitative estimate of drug-likeness (QED) is 0.283. The molecular weight excluding hydrogens is 562 g/mol. The van der Waals surface area contributed by atoms with Crippen LogP contribution in [0.15, 0.2) is 65.6 Å². The van der Waals surface area contributed by atoms with Crippen LogP contribution in [0, 0.1) is 6.92 Å². The highest BCUT2D eigenvalue weighted by molar-refractivity contribution is 7.85. The summed E-state index contributed by atoms with van der Waals surface area (Å²) in [5.41, 5.74) is 3.06. The van der Waals surface area contributed by atoms with Crippen LogP contribution in [0.2, 0.25) is 0 Å². The lowest BCUT2D eigenvalue weighted by molar-refractivity contribution is -0.136. The second-order valence-electron chi connectivity index (χ2n) is 10.3. The molecule has 2 aliphatic heterocycles. The van der Waals surface area contributed by atoms with Crippen LogP contribution in [0.4, 0.5) is 5.69 Å². The molecule has 11 nitrogen and oxygen atoms in total. The number of methoxy groups -OCH3 is 1. The maximum atomic E-state index is 13.4. The average molecular weight is 592 g/mol. The first kappa shape index (κ1) is 29.0. The number of ether oxygens (including phenoxy) is 1. The number of hydrogen-bond acceptors (Lipinski definition) is 8. The fraction of sp³-hybridized carbons (Fsp3) is 0.267. The first-order valence-corrected chi connectivity index (χ1v) is 14.7. The third-order valence-corrected chi connectivity index (χ3v) is 8.42. The van der Waals surface area contributed by atoms with E-state index in [4.69, 9.17) is 4.74 Å². The van der Waals surface area contributed by atoms with Crippen molar-refractivity contribution in [3.05, 3.63) is 88.5 Å². The summed E-state index contributed by atoms with van der Waals surface area (Å²) in [6, 6.07) is 15.8. The maximum Gasteiger partial charge on any atom is 0.294 e. The van der Waals surface area contributed by atoms with Gasteiger partial charge in [0.05, 0.1) is 23.1 Å². The Balaban J connectivity index is 1.47. The summed E-state index contributed by atoms with van der Waals surface area (Å²) in [7, 11) is -2.88. The first-order valence-electron chi connectivity index (χ1n) is 13.3. The Labute approximate surface area is 242 Å². The number of anilines is 1. The van der Waals surface area contributed by atoms with E-state index in [2.05, 4.69) is 5.32 Å². The van der Waals surface area contributed by atoms with Gasteiger partial charge in [0.2, 0.25) is 11.8 Å². The molecule has 42 heavy (non-hydrogen) atoms. The minimum Gasteiger partial charge on any atom is -0.497 e. The van der Waals surface area contributed by atoms with Crippen molar-refractivity contribution < 1.29 is 36.9 Å².